The van der Waals surface area contributed by atoms with Crippen LogP contribution in [0.15, 0.2) is 23.1 Å². The van der Waals surface area contributed by atoms with Gasteiger partial charge in [0.25, 0.3) is 5.91 Å². The lowest BCUT2D eigenvalue weighted by Crippen LogP contribution is -2.38. The molecule has 1 aromatic carbocycles. The Balaban J connectivity index is 1.99. The van der Waals surface area contributed by atoms with E-state index in [9.17, 15) is 14.3 Å². The average molecular weight is 283 g/mol. The van der Waals surface area contributed by atoms with Crippen LogP contribution in [0.1, 0.15) is 36.0 Å². The van der Waals surface area contributed by atoms with Crippen molar-refractivity contribution in [3.05, 3.63) is 29.6 Å². The minimum Gasteiger partial charge on any atom is -0.396 e. The number of hydrogen-bond donors (Lipinski definition) is 3. The Morgan fingerprint density at radius 1 is 1.42 bits per heavy atom. The Kier molecular flexibility index (Phi) is 4.47. The highest BCUT2D eigenvalue weighted by Gasteiger charge is 2.33. The zero-order chi connectivity index (χ0) is 13.9. The van der Waals surface area contributed by atoms with Crippen LogP contribution in [0.2, 0.25) is 0 Å². The van der Waals surface area contributed by atoms with Crippen LogP contribution >= 0.6 is 12.6 Å². The molecule has 0 unspecified atom stereocenters. The number of halogens is 1. The molecule has 1 aliphatic carbocycles. The van der Waals surface area contributed by atoms with Gasteiger partial charge in [0.1, 0.15) is 5.82 Å². The molecular weight excluding hydrogens is 265 g/mol. The van der Waals surface area contributed by atoms with Gasteiger partial charge in [0.05, 0.1) is 6.61 Å². The number of amides is 1. The second-order valence-corrected chi connectivity index (χ2v) is 5.70. The normalized spacial score (nSPS) is 17.4. The summed E-state index contributed by atoms with van der Waals surface area (Å²) in [7, 11) is 0. The lowest BCUT2D eigenvalue weighted by molar-refractivity contribution is 0.0880. The van der Waals surface area contributed by atoms with Gasteiger partial charge in [-0.25, -0.2) is 4.39 Å². The van der Waals surface area contributed by atoms with E-state index in [0.29, 0.717) is 12.1 Å². The van der Waals surface area contributed by atoms with E-state index in [0.717, 1.165) is 25.7 Å². The van der Waals surface area contributed by atoms with Gasteiger partial charge in [0, 0.05) is 22.4 Å². The Hall–Kier alpha value is -1.07. The number of nitrogens with one attached hydrogen (secondary N) is 1. The molecule has 0 aromatic heterocycles. The first-order chi connectivity index (χ1) is 9.06. The zero-order valence-corrected chi connectivity index (χ0v) is 11.5. The summed E-state index contributed by atoms with van der Waals surface area (Å²) in [6.07, 6.45) is 4.05. The lowest BCUT2D eigenvalue weighted by Gasteiger charge is -2.26. The Labute approximate surface area is 117 Å². The van der Waals surface area contributed by atoms with Crippen LogP contribution < -0.4 is 5.32 Å². The van der Waals surface area contributed by atoms with Crippen molar-refractivity contribution in [2.45, 2.75) is 30.6 Å². The molecule has 1 fully saturated rings. The number of carbonyl (C=O) groups is 1. The maximum absolute atomic E-state index is 13.1. The third-order valence-electron chi connectivity index (χ3n) is 3.83. The molecule has 104 valence electrons. The molecular formula is C14H18FNO2S. The molecule has 1 amide bonds. The molecule has 19 heavy (non-hydrogen) atoms. The summed E-state index contributed by atoms with van der Waals surface area (Å²) in [6, 6.07) is 4.08. The fourth-order valence-corrected chi connectivity index (χ4v) is 2.75. The second kappa shape index (κ2) is 5.92. The van der Waals surface area contributed by atoms with Crippen molar-refractivity contribution >= 4 is 18.5 Å². The quantitative estimate of drug-likeness (QED) is 0.743. The fraction of sp³-hybridized carbons (Fsp3) is 0.500. The van der Waals surface area contributed by atoms with Gasteiger partial charge in [-0.15, -0.1) is 12.6 Å². The highest BCUT2D eigenvalue weighted by atomic mass is 32.1. The monoisotopic (exact) mass is 283 g/mol. The Morgan fingerprint density at radius 2 is 2.11 bits per heavy atom. The molecule has 1 aliphatic rings. The van der Waals surface area contributed by atoms with Crippen molar-refractivity contribution in [2.75, 3.05) is 13.2 Å². The molecule has 1 saturated carbocycles. The van der Waals surface area contributed by atoms with E-state index in [1.807, 2.05) is 0 Å². The number of carbonyl (C=O) groups excluding carboxylic acids is 1. The van der Waals surface area contributed by atoms with E-state index in [2.05, 4.69) is 17.9 Å². The molecule has 1 aromatic rings. The molecule has 2 rings (SSSR count). The predicted molar refractivity (Wildman–Crippen MR) is 74.0 cm³/mol. The summed E-state index contributed by atoms with van der Waals surface area (Å²) in [6.45, 7) is 0.552. The molecule has 0 radical (unpaired) electrons. The van der Waals surface area contributed by atoms with Crippen molar-refractivity contribution in [2.24, 2.45) is 5.41 Å². The number of aliphatic hydroxyl groups is 1. The molecule has 0 spiro atoms. The van der Waals surface area contributed by atoms with E-state index in [-0.39, 0.29) is 22.8 Å². The van der Waals surface area contributed by atoms with Gasteiger partial charge in [-0.2, -0.15) is 0 Å². The van der Waals surface area contributed by atoms with Crippen molar-refractivity contribution in [1.82, 2.24) is 5.32 Å². The summed E-state index contributed by atoms with van der Waals surface area (Å²) < 4.78 is 13.1. The Bertz CT molecular complexity index is 473. The van der Waals surface area contributed by atoms with Gasteiger partial charge >= 0.3 is 0 Å². The molecule has 3 nitrogen and oxygen atoms in total. The summed E-state index contributed by atoms with van der Waals surface area (Å²) in [5, 5.41) is 12.3. The number of benzene rings is 1. The number of thiol groups is 1. The van der Waals surface area contributed by atoms with Crippen molar-refractivity contribution < 1.29 is 14.3 Å². The molecule has 0 aliphatic heterocycles. The molecule has 2 N–H and O–H groups in total. The third kappa shape index (κ3) is 3.28. The van der Waals surface area contributed by atoms with Gasteiger partial charge in [-0.1, -0.05) is 12.8 Å². The zero-order valence-electron chi connectivity index (χ0n) is 10.7. The van der Waals surface area contributed by atoms with Crippen LogP contribution in [0.3, 0.4) is 0 Å². The molecule has 0 atom stereocenters. The predicted octanol–water partition coefficient (Wildman–Crippen LogP) is 2.40. The van der Waals surface area contributed by atoms with E-state index in [1.165, 1.54) is 18.2 Å². The molecule has 5 heteroatoms. The number of rotatable bonds is 4. The number of hydrogen-bond acceptors (Lipinski definition) is 3. The van der Waals surface area contributed by atoms with Gasteiger partial charge in [0.2, 0.25) is 0 Å². The summed E-state index contributed by atoms with van der Waals surface area (Å²) in [4.78, 5) is 12.1. The summed E-state index contributed by atoms with van der Waals surface area (Å²) >= 11 is 3.96. The summed E-state index contributed by atoms with van der Waals surface area (Å²) in [5.41, 5.74) is 0.205. The van der Waals surface area contributed by atoms with Crippen molar-refractivity contribution in [3.63, 3.8) is 0 Å². The standard InChI is InChI=1S/C14H18FNO2S/c15-11-4-3-10(7-12(11)19)13(18)16-8-14(9-17)5-1-2-6-14/h3-4,7,17,19H,1-2,5-6,8-9H2,(H,16,18). The fourth-order valence-electron chi connectivity index (χ4n) is 2.54. The van der Waals surface area contributed by atoms with Crippen LogP contribution in [0.25, 0.3) is 0 Å². The van der Waals surface area contributed by atoms with E-state index in [4.69, 9.17) is 0 Å². The highest BCUT2D eigenvalue weighted by molar-refractivity contribution is 7.80. The van der Waals surface area contributed by atoms with Crippen molar-refractivity contribution in [1.29, 1.82) is 0 Å². The first-order valence-electron chi connectivity index (χ1n) is 6.44. The first-order valence-corrected chi connectivity index (χ1v) is 6.89. The maximum atomic E-state index is 13.1. The van der Waals surface area contributed by atoms with E-state index < -0.39 is 5.82 Å². The minimum absolute atomic E-state index is 0.0918. The van der Waals surface area contributed by atoms with Gasteiger partial charge in [-0.05, 0) is 31.0 Å². The van der Waals surface area contributed by atoms with Crippen LogP contribution in [0.5, 0.6) is 0 Å². The average Bonchev–Trinajstić information content (AvgIpc) is 2.89. The van der Waals surface area contributed by atoms with Gasteiger partial charge < -0.3 is 10.4 Å². The van der Waals surface area contributed by atoms with Crippen LogP contribution in [0.4, 0.5) is 4.39 Å². The van der Waals surface area contributed by atoms with Crippen LogP contribution in [-0.4, -0.2) is 24.2 Å². The highest BCUT2D eigenvalue weighted by Crippen LogP contribution is 2.36. The first kappa shape index (κ1) is 14.3. The van der Waals surface area contributed by atoms with Gasteiger partial charge in [-0.3, -0.25) is 4.79 Å². The van der Waals surface area contributed by atoms with Crippen LogP contribution in [-0.2, 0) is 0 Å². The summed E-state index contributed by atoms with van der Waals surface area (Å²) in [5.74, 6) is -0.697. The Morgan fingerprint density at radius 3 is 2.68 bits per heavy atom. The second-order valence-electron chi connectivity index (χ2n) is 5.21. The lowest BCUT2D eigenvalue weighted by atomic mass is 9.87. The smallest absolute Gasteiger partial charge is 0.251 e. The maximum Gasteiger partial charge on any atom is 0.251 e. The van der Waals surface area contributed by atoms with E-state index >= 15 is 0 Å². The molecule has 0 saturated heterocycles. The SMILES string of the molecule is O=C(NCC1(CO)CCCC1)c1ccc(F)c(S)c1. The molecule has 0 bridgehead atoms. The third-order valence-corrected chi connectivity index (χ3v) is 4.17. The van der Waals surface area contributed by atoms with E-state index in [1.54, 1.807) is 0 Å². The molecule has 0 heterocycles. The van der Waals surface area contributed by atoms with Gasteiger partial charge in [0.15, 0.2) is 0 Å². The number of aliphatic hydroxyl groups excluding tert-OH is 1. The van der Waals surface area contributed by atoms with Crippen LogP contribution in [0, 0.1) is 11.2 Å². The topological polar surface area (TPSA) is 49.3 Å². The minimum atomic E-state index is -0.442. The van der Waals surface area contributed by atoms with Crippen molar-refractivity contribution in [3.8, 4) is 0 Å². The largest absolute Gasteiger partial charge is 0.396 e.